The van der Waals surface area contributed by atoms with Gasteiger partial charge < -0.3 is 4.57 Å². The fourth-order valence-electron chi connectivity index (χ4n) is 0.734. The van der Waals surface area contributed by atoms with Gasteiger partial charge >= 0.3 is 0 Å². The summed E-state index contributed by atoms with van der Waals surface area (Å²) in [7, 11) is 1.95. The van der Waals surface area contributed by atoms with E-state index < -0.39 is 0 Å². The molecule has 0 aliphatic carbocycles. The van der Waals surface area contributed by atoms with Gasteiger partial charge in [-0.05, 0) is 18.6 Å². The van der Waals surface area contributed by atoms with Crippen LogP contribution in [0.5, 0.6) is 0 Å². The molecule has 0 atom stereocenters. The lowest BCUT2D eigenvalue weighted by Gasteiger charge is -1.97. The fraction of sp³-hybridized carbons (Fsp3) is 0.286. The molecular weight excluding hydrogens is 130 g/mol. The van der Waals surface area contributed by atoms with Crippen LogP contribution in [0.15, 0.2) is 18.3 Å². The molecule has 0 saturated carbocycles. The van der Waals surface area contributed by atoms with E-state index in [9.17, 15) is 0 Å². The van der Waals surface area contributed by atoms with Gasteiger partial charge in [0.1, 0.15) is 4.64 Å². The maximum absolute atomic E-state index is 5.06. The van der Waals surface area contributed by atoms with E-state index in [1.54, 1.807) is 0 Å². The second kappa shape index (κ2) is 2.31. The van der Waals surface area contributed by atoms with Crippen LogP contribution in [0.2, 0.25) is 0 Å². The lowest BCUT2D eigenvalue weighted by Crippen LogP contribution is -1.91. The summed E-state index contributed by atoms with van der Waals surface area (Å²) in [5, 5.41) is 0. The molecule has 2 heteroatoms. The average molecular weight is 139 g/mol. The molecule has 0 aliphatic rings. The van der Waals surface area contributed by atoms with E-state index in [0.29, 0.717) is 0 Å². The molecule has 0 aromatic carbocycles. The average Bonchev–Trinajstić information content (AvgIpc) is 1.83. The first kappa shape index (κ1) is 6.49. The van der Waals surface area contributed by atoms with Crippen molar-refractivity contribution in [3.8, 4) is 0 Å². The van der Waals surface area contributed by atoms with Gasteiger partial charge in [0.25, 0.3) is 0 Å². The summed E-state index contributed by atoms with van der Waals surface area (Å²) in [6.07, 6.45) is 1.95. The molecule has 0 amide bonds. The van der Waals surface area contributed by atoms with Gasteiger partial charge in [-0.15, -0.1) is 0 Å². The van der Waals surface area contributed by atoms with Crippen LogP contribution in [0.1, 0.15) is 5.56 Å². The van der Waals surface area contributed by atoms with Crippen LogP contribution in [0.4, 0.5) is 0 Å². The van der Waals surface area contributed by atoms with E-state index in [4.69, 9.17) is 12.2 Å². The van der Waals surface area contributed by atoms with Gasteiger partial charge in [-0.25, -0.2) is 0 Å². The third-order valence-electron chi connectivity index (χ3n) is 1.31. The van der Waals surface area contributed by atoms with Crippen LogP contribution < -0.4 is 0 Å². The summed E-state index contributed by atoms with van der Waals surface area (Å²) in [6, 6.07) is 4.01. The molecule has 0 fully saturated rings. The molecule has 1 nitrogen and oxygen atoms in total. The molecule has 1 heterocycles. The zero-order chi connectivity index (χ0) is 6.85. The van der Waals surface area contributed by atoms with Crippen molar-refractivity contribution in [2.75, 3.05) is 0 Å². The van der Waals surface area contributed by atoms with Gasteiger partial charge in [-0.1, -0.05) is 18.3 Å². The Morgan fingerprint density at radius 1 is 1.56 bits per heavy atom. The van der Waals surface area contributed by atoms with E-state index in [-0.39, 0.29) is 0 Å². The quantitative estimate of drug-likeness (QED) is 0.498. The Morgan fingerprint density at radius 2 is 2.22 bits per heavy atom. The molecule has 9 heavy (non-hydrogen) atoms. The molecule has 1 aromatic rings. The molecule has 1 rings (SSSR count). The Kier molecular flexibility index (Phi) is 1.67. The molecule has 0 unspecified atom stereocenters. The predicted octanol–water partition coefficient (Wildman–Crippen LogP) is 2.06. The van der Waals surface area contributed by atoms with Crippen molar-refractivity contribution < 1.29 is 0 Å². The van der Waals surface area contributed by atoms with Crippen molar-refractivity contribution in [3.05, 3.63) is 28.5 Å². The minimum Gasteiger partial charge on any atom is -0.342 e. The predicted molar refractivity (Wildman–Crippen MR) is 41.0 cm³/mol. The van der Waals surface area contributed by atoms with Crippen LogP contribution in [-0.4, -0.2) is 4.57 Å². The fourth-order valence-corrected chi connectivity index (χ4v) is 0.863. The van der Waals surface area contributed by atoms with E-state index in [0.717, 1.165) is 10.2 Å². The first-order valence-corrected chi connectivity index (χ1v) is 3.25. The molecule has 0 saturated heterocycles. The molecule has 48 valence electrons. The third-order valence-corrected chi connectivity index (χ3v) is 1.92. The largest absolute Gasteiger partial charge is 0.342 e. The Morgan fingerprint density at radius 3 is 2.67 bits per heavy atom. The monoisotopic (exact) mass is 139 g/mol. The van der Waals surface area contributed by atoms with Gasteiger partial charge in [-0.3, -0.25) is 0 Å². The highest BCUT2D eigenvalue weighted by Crippen LogP contribution is 1.97. The number of nitrogens with zero attached hydrogens (tertiary/aromatic N) is 1. The summed E-state index contributed by atoms with van der Waals surface area (Å²) in [6.45, 7) is 2.02. The molecular formula is C7H9NS. The highest BCUT2D eigenvalue weighted by molar-refractivity contribution is 7.71. The first-order chi connectivity index (χ1) is 4.22. The highest BCUT2D eigenvalue weighted by atomic mass is 32.1. The van der Waals surface area contributed by atoms with Crippen molar-refractivity contribution in [3.63, 3.8) is 0 Å². The van der Waals surface area contributed by atoms with Crippen molar-refractivity contribution >= 4 is 12.2 Å². The van der Waals surface area contributed by atoms with E-state index in [2.05, 4.69) is 0 Å². The maximum Gasteiger partial charge on any atom is 0.108 e. The summed E-state index contributed by atoms with van der Waals surface area (Å²) >= 11 is 5.06. The normalized spacial score (nSPS) is 9.56. The SMILES string of the molecule is Cc1cccn(C)c1=S. The van der Waals surface area contributed by atoms with E-state index in [1.807, 2.05) is 36.9 Å². The Balaban J connectivity index is 3.43. The number of rotatable bonds is 0. The Hall–Kier alpha value is -0.630. The van der Waals surface area contributed by atoms with Crippen LogP contribution in [0, 0.1) is 11.6 Å². The van der Waals surface area contributed by atoms with Gasteiger partial charge in [0.05, 0.1) is 0 Å². The molecule has 0 radical (unpaired) electrons. The topological polar surface area (TPSA) is 4.93 Å². The Labute approximate surface area is 59.9 Å². The lowest BCUT2D eigenvalue weighted by molar-refractivity contribution is 0.877. The number of hydrogen-bond donors (Lipinski definition) is 0. The molecule has 0 N–H and O–H groups in total. The summed E-state index contributed by atoms with van der Waals surface area (Å²) in [4.78, 5) is 0. The van der Waals surface area contributed by atoms with Crippen molar-refractivity contribution in [1.82, 2.24) is 4.57 Å². The summed E-state index contributed by atoms with van der Waals surface area (Å²) < 4.78 is 2.85. The summed E-state index contributed by atoms with van der Waals surface area (Å²) in [5.41, 5.74) is 1.16. The number of hydrogen-bond acceptors (Lipinski definition) is 1. The van der Waals surface area contributed by atoms with E-state index in [1.165, 1.54) is 0 Å². The smallest absolute Gasteiger partial charge is 0.108 e. The summed E-state index contributed by atoms with van der Waals surface area (Å²) in [5.74, 6) is 0. The third kappa shape index (κ3) is 1.19. The van der Waals surface area contributed by atoms with Crippen molar-refractivity contribution in [2.45, 2.75) is 6.92 Å². The maximum atomic E-state index is 5.06. The number of aryl methyl sites for hydroxylation is 2. The number of aromatic nitrogens is 1. The van der Waals surface area contributed by atoms with Gasteiger partial charge in [0.15, 0.2) is 0 Å². The molecule has 0 aliphatic heterocycles. The van der Waals surface area contributed by atoms with Gasteiger partial charge in [-0.2, -0.15) is 0 Å². The van der Waals surface area contributed by atoms with E-state index >= 15 is 0 Å². The minimum absolute atomic E-state index is 0.914. The zero-order valence-corrected chi connectivity index (χ0v) is 6.40. The standard InChI is InChI=1S/C7H9NS/c1-6-4-3-5-8(2)7(6)9/h3-5H,1-2H3. The Bertz CT molecular complexity index is 239. The van der Waals surface area contributed by atoms with Crippen LogP contribution >= 0.6 is 12.2 Å². The molecule has 0 spiro atoms. The van der Waals surface area contributed by atoms with Gasteiger partial charge in [0, 0.05) is 13.2 Å². The number of pyridine rings is 1. The van der Waals surface area contributed by atoms with Crippen molar-refractivity contribution in [1.29, 1.82) is 0 Å². The van der Waals surface area contributed by atoms with Crippen LogP contribution in [-0.2, 0) is 7.05 Å². The van der Waals surface area contributed by atoms with Crippen LogP contribution in [0.25, 0.3) is 0 Å². The molecule has 1 aromatic heterocycles. The first-order valence-electron chi connectivity index (χ1n) is 2.84. The van der Waals surface area contributed by atoms with Gasteiger partial charge in [0.2, 0.25) is 0 Å². The van der Waals surface area contributed by atoms with Crippen molar-refractivity contribution in [2.24, 2.45) is 7.05 Å². The minimum atomic E-state index is 0.914. The van der Waals surface area contributed by atoms with Crippen LogP contribution in [0.3, 0.4) is 0 Å². The molecule has 0 bridgehead atoms. The lowest BCUT2D eigenvalue weighted by atomic mass is 10.3. The zero-order valence-electron chi connectivity index (χ0n) is 5.59. The second-order valence-electron chi connectivity index (χ2n) is 2.11. The second-order valence-corrected chi connectivity index (χ2v) is 2.49. The highest BCUT2D eigenvalue weighted by Gasteiger charge is 1.85.